The van der Waals surface area contributed by atoms with Crippen LogP contribution in [0.25, 0.3) is 0 Å². The number of nitrogens with two attached hydrogens (primary N) is 1. The SMILES string of the molecule is NC(=O)c1[c]cn(Cc2cccc(Br)c2)n1. The summed E-state index contributed by atoms with van der Waals surface area (Å²) in [5, 5.41) is 4.01. The number of hydrogen-bond acceptors (Lipinski definition) is 2. The lowest BCUT2D eigenvalue weighted by atomic mass is 10.2. The molecule has 0 spiro atoms. The second-order valence-corrected chi connectivity index (χ2v) is 4.23. The topological polar surface area (TPSA) is 60.9 Å². The van der Waals surface area contributed by atoms with Gasteiger partial charge >= 0.3 is 0 Å². The van der Waals surface area contributed by atoms with E-state index in [1.807, 2.05) is 24.3 Å². The Morgan fingerprint density at radius 1 is 1.56 bits per heavy atom. The van der Waals surface area contributed by atoms with E-state index in [-0.39, 0.29) is 5.69 Å². The number of amides is 1. The third-order valence-electron chi connectivity index (χ3n) is 2.05. The monoisotopic (exact) mass is 278 g/mol. The fraction of sp³-hybridized carbons (Fsp3) is 0.0909. The van der Waals surface area contributed by atoms with Gasteiger partial charge in [-0.05, 0) is 17.7 Å². The summed E-state index contributed by atoms with van der Waals surface area (Å²) < 4.78 is 2.64. The minimum atomic E-state index is -0.562. The average Bonchev–Trinajstić information content (AvgIpc) is 2.66. The van der Waals surface area contributed by atoms with Crippen LogP contribution in [0.15, 0.2) is 34.9 Å². The van der Waals surface area contributed by atoms with Gasteiger partial charge in [-0.2, -0.15) is 5.10 Å². The molecule has 0 saturated carbocycles. The maximum Gasteiger partial charge on any atom is 0.269 e. The lowest BCUT2D eigenvalue weighted by Gasteiger charge is -2.01. The fourth-order valence-corrected chi connectivity index (χ4v) is 1.79. The molecule has 1 radical (unpaired) electrons. The zero-order valence-corrected chi connectivity index (χ0v) is 9.94. The number of nitrogens with zero attached hydrogens (tertiary/aromatic N) is 2. The largest absolute Gasteiger partial charge is 0.364 e. The van der Waals surface area contributed by atoms with Crippen LogP contribution >= 0.6 is 15.9 Å². The molecule has 2 N–H and O–H groups in total. The number of hydrogen-bond donors (Lipinski definition) is 1. The van der Waals surface area contributed by atoms with Gasteiger partial charge in [-0.3, -0.25) is 9.48 Å². The van der Waals surface area contributed by atoms with E-state index in [1.165, 1.54) is 0 Å². The van der Waals surface area contributed by atoms with Gasteiger partial charge in [-0.15, -0.1) is 0 Å². The molecule has 0 aliphatic rings. The minimum Gasteiger partial charge on any atom is -0.364 e. The highest BCUT2D eigenvalue weighted by molar-refractivity contribution is 9.10. The molecular formula is C11H9BrN3O. The number of benzene rings is 1. The van der Waals surface area contributed by atoms with Crippen molar-refractivity contribution in [2.75, 3.05) is 0 Å². The summed E-state index contributed by atoms with van der Waals surface area (Å²) in [5.41, 5.74) is 6.34. The Kier molecular flexibility index (Phi) is 3.05. The van der Waals surface area contributed by atoms with Crippen molar-refractivity contribution >= 4 is 21.8 Å². The lowest BCUT2D eigenvalue weighted by Crippen LogP contribution is -2.12. The molecule has 0 unspecified atom stereocenters. The first-order valence-electron chi connectivity index (χ1n) is 4.64. The highest BCUT2D eigenvalue weighted by Gasteiger charge is 2.05. The second kappa shape index (κ2) is 4.49. The number of rotatable bonds is 3. The van der Waals surface area contributed by atoms with E-state index in [0.29, 0.717) is 6.54 Å². The molecule has 2 rings (SSSR count). The first kappa shape index (κ1) is 10.9. The van der Waals surface area contributed by atoms with E-state index in [0.717, 1.165) is 10.0 Å². The summed E-state index contributed by atoms with van der Waals surface area (Å²) in [5.74, 6) is -0.562. The van der Waals surface area contributed by atoms with Crippen molar-refractivity contribution in [1.29, 1.82) is 0 Å². The normalized spacial score (nSPS) is 10.3. The number of aromatic nitrogens is 2. The molecule has 0 aliphatic carbocycles. The standard InChI is InChI=1S/C11H9BrN3O/c12-9-3-1-2-8(6-9)7-15-5-4-10(14-15)11(13)16/h1-3,5-6H,7H2,(H2,13,16). The number of halogens is 1. The van der Waals surface area contributed by atoms with Crippen LogP contribution < -0.4 is 5.73 Å². The maximum absolute atomic E-state index is 10.8. The van der Waals surface area contributed by atoms with E-state index in [2.05, 4.69) is 27.1 Å². The highest BCUT2D eigenvalue weighted by Crippen LogP contribution is 2.12. The third-order valence-corrected chi connectivity index (χ3v) is 2.54. The van der Waals surface area contributed by atoms with Crippen LogP contribution in [0.2, 0.25) is 0 Å². The van der Waals surface area contributed by atoms with E-state index < -0.39 is 5.91 Å². The Bertz CT molecular complexity index is 521. The van der Waals surface area contributed by atoms with Crippen LogP contribution in [0.5, 0.6) is 0 Å². The fourth-order valence-electron chi connectivity index (χ4n) is 1.35. The molecule has 0 atom stereocenters. The van der Waals surface area contributed by atoms with E-state index in [4.69, 9.17) is 5.73 Å². The van der Waals surface area contributed by atoms with Crippen LogP contribution in [-0.4, -0.2) is 15.7 Å². The molecule has 4 nitrogen and oxygen atoms in total. The molecule has 1 heterocycles. The average molecular weight is 279 g/mol. The van der Waals surface area contributed by atoms with Crippen LogP contribution in [-0.2, 0) is 6.54 Å². The summed E-state index contributed by atoms with van der Waals surface area (Å²) in [4.78, 5) is 10.8. The zero-order chi connectivity index (χ0) is 11.5. The summed E-state index contributed by atoms with van der Waals surface area (Å²) in [6.07, 6.45) is 1.61. The van der Waals surface area contributed by atoms with Gasteiger partial charge in [-0.25, -0.2) is 0 Å². The number of carbonyl (C=O) groups is 1. The van der Waals surface area contributed by atoms with Gasteiger partial charge in [0.05, 0.1) is 6.54 Å². The molecule has 1 aromatic carbocycles. The van der Waals surface area contributed by atoms with E-state index in [9.17, 15) is 4.79 Å². The highest BCUT2D eigenvalue weighted by atomic mass is 79.9. The van der Waals surface area contributed by atoms with Gasteiger partial charge in [0, 0.05) is 16.7 Å². The molecule has 0 saturated heterocycles. The Balaban J connectivity index is 2.17. The Morgan fingerprint density at radius 2 is 2.38 bits per heavy atom. The number of primary amides is 1. The molecule has 0 aliphatic heterocycles. The van der Waals surface area contributed by atoms with Crippen molar-refractivity contribution in [2.24, 2.45) is 5.73 Å². The van der Waals surface area contributed by atoms with Crippen LogP contribution in [0.1, 0.15) is 16.1 Å². The molecule has 2 aromatic rings. The van der Waals surface area contributed by atoms with Crippen molar-refractivity contribution in [2.45, 2.75) is 6.54 Å². The summed E-state index contributed by atoms with van der Waals surface area (Å²) >= 11 is 3.39. The summed E-state index contributed by atoms with van der Waals surface area (Å²) in [6.45, 7) is 0.587. The Labute approximate surface area is 101 Å². The van der Waals surface area contributed by atoms with E-state index in [1.54, 1.807) is 10.9 Å². The van der Waals surface area contributed by atoms with Gasteiger partial charge in [0.25, 0.3) is 5.91 Å². The molecule has 0 bridgehead atoms. The van der Waals surface area contributed by atoms with Gasteiger partial charge in [0.2, 0.25) is 0 Å². The minimum absolute atomic E-state index is 0.162. The van der Waals surface area contributed by atoms with Gasteiger partial charge in [-0.1, -0.05) is 28.1 Å². The van der Waals surface area contributed by atoms with Crippen LogP contribution in [0.3, 0.4) is 0 Å². The van der Waals surface area contributed by atoms with Gasteiger partial charge < -0.3 is 5.73 Å². The molecule has 1 amide bonds. The molecule has 81 valence electrons. The third kappa shape index (κ3) is 2.49. The summed E-state index contributed by atoms with van der Waals surface area (Å²) in [7, 11) is 0. The Hall–Kier alpha value is -1.62. The lowest BCUT2D eigenvalue weighted by molar-refractivity contribution is 0.0994. The van der Waals surface area contributed by atoms with Crippen molar-refractivity contribution in [3.8, 4) is 0 Å². The van der Waals surface area contributed by atoms with Crippen molar-refractivity contribution in [1.82, 2.24) is 9.78 Å². The zero-order valence-electron chi connectivity index (χ0n) is 8.35. The molecular weight excluding hydrogens is 270 g/mol. The van der Waals surface area contributed by atoms with Gasteiger partial charge in [0.15, 0.2) is 5.69 Å². The predicted molar refractivity (Wildman–Crippen MR) is 62.8 cm³/mol. The smallest absolute Gasteiger partial charge is 0.269 e. The Morgan fingerprint density at radius 3 is 3.00 bits per heavy atom. The van der Waals surface area contributed by atoms with Crippen molar-refractivity contribution < 1.29 is 4.79 Å². The number of carbonyl (C=O) groups excluding carboxylic acids is 1. The molecule has 1 aromatic heterocycles. The second-order valence-electron chi connectivity index (χ2n) is 3.31. The molecule has 5 heteroatoms. The predicted octanol–water partition coefficient (Wildman–Crippen LogP) is 1.59. The molecule has 16 heavy (non-hydrogen) atoms. The maximum atomic E-state index is 10.8. The molecule has 0 fully saturated rings. The first-order chi connectivity index (χ1) is 7.65. The van der Waals surface area contributed by atoms with Crippen LogP contribution in [0, 0.1) is 6.07 Å². The van der Waals surface area contributed by atoms with Crippen LogP contribution in [0.4, 0.5) is 0 Å². The van der Waals surface area contributed by atoms with E-state index >= 15 is 0 Å². The van der Waals surface area contributed by atoms with Crippen molar-refractivity contribution in [3.05, 3.63) is 52.3 Å². The van der Waals surface area contributed by atoms with Crippen molar-refractivity contribution in [3.63, 3.8) is 0 Å². The van der Waals surface area contributed by atoms with Gasteiger partial charge in [0.1, 0.15) is 0 Å². The first-order valence-corrected chi connectivity index (χ1v) is 5.44. The quantitative estimate of drug-likeness (QED) is 0.927. The summed E-state index contributed by atoms with van der Waals surface area (Å²) in [6, 6.07) is 10.6.